The van der Waals surface area contributed by atoms with Gasteiger partial charge in [0.05, 0.1) is 6.04 Å². The summed E-state index contributed by atoms with van der Waals surface area (Å²) in [5.41, 5.74) is 1.78. The van der Waals surface area contributed by atoms with Gasteiger partial charge in [-0.05, 0) is 42.3 Å². The summed E-state index contributed by atoms with van der Waals surface area (Å²) in [4.78, 5) is 14.8. The number of halogens is 2. The van der Waals surface area contributed by atoms with E-state index in [0.29, 0.717) is 19.6 Å². The van der Waals surface area contributed by atoms with Gasteiger partial charge in [-0.3, -0.25) is 4.90 Å². The monoisotopic (exact) mass is 346 g/mol. The van der Waals surface area contributed by atoms with E-state index in [9.17, 15) is 18.7 Å². The molecule has 0 spiro atoms. The number of amides is 1. The molecule has 3 rings (SSSR count). The van der Waals surface area contributed by atoms with Crippen LogP contribution in [0, 0.1) is 11.6 Å². The molecule has 0 unspecified atom stereocenters. The molecule has 1 amide bonds. The van der Waals surface area contributed by atoms with E-state index in [4.69, 9.17) is 0 Å². The molecule has 0 bridgehead atoms. The van der Waals surface area contributed by atoms with Crippen molar-refractivity contribution in [2.24, 2.45) is 0 Å². The van der Waals surface area contributed by atoms with Gasteiger partial charge in [-0.25, -0.2) is 13.6 Å². The molecular weight excluding hydrogens is 326 g/mol. The van der Waals surface area contributed by atoms with Crippen LogP contribution in [0.2, 0.25) is 0 Å². The minimum Gasteiger partial charge on any atom is -0.465 e. The van der Waals surface area contributed by atoms with Crippen molar-refractivity contribution in [1.82, 2.24) is 9.80 Å². The fraction of sp³-hybridized carbons (Fsp3) is 0.316. The Morgan fingerprint density at radius 2 is 1.48 bits per heavy atom. The van der Waals surface area contributed by atoms with E-state index in [0.717, 1.165) is 11.1 Å². The molecule has 132 valence electrons. The van der Waals surface area contributed by atoms with Gasteiger partial charge in [0, 0.05) is 25.7 Å². The zero-order chi connectivity index (χ0) is 18.0. The lowest BCUT2D eigenvalue weighted by molar-refractivity contribution is 0.0583. The van der Waals surface area contributed by atoms with E-state index in [1.807, 2.05) is 6.92 Å². The molecule has 1 heterocycles. The summed E-state index contributed by atoms with van der Waals surface area (Å²) in [6, 6.07) is 12.3. The van der Waals surface area contributed by atoms with E-state index in [1.165, 1.54) is 29.2 Å². The Morgan fingerprint density at radius 1 is 1.00 bits per heavy atom. The first-order valence-electron chi connectivity index (χ1n) is 8.20. The Kier molecular flexibility index (Phi) is 4.99. The van der Waals surface area contributed by atoms with Gasteiger partial charge in [0.25, 0.3) is 0 Å². The third-order valence-corrected chi connectivity index (χ3v) is 4.65. The fourth-order valence-electron chi connectivity index (χ4n) is 3.39. The number of hydrogen-bond acceptors (Lipinski definition) is 2. The molecule has 0 aliphatic carbocycles. The quantitative estimate of drug-likeness (QED) is 0.921. The van der Waals surface area contributed by atoms with Gasteiger partial charge >= 0.3 is 6.09 Å². The second-order valence-electron chi connectivity index (χ2n) is 6.32. The molecule has 1 aliphatic heterocycles. The van der Waals surface area contributed by atoms with Crippen LogP contribution in [0.5, 0.6) is 0 Å². The third-order valence-electron chi connectivity index (χ3n) is 4.65. The van der Waals surface area contributed by atoms with Crippen LogP contribution in [0.3, 0.4) is 0 Å². The molecular formula is C19H20F2N2O2. The highest BCUT2D eigenvalue weighted by atomic mass is 19.1. The second kappa shape index (κ2) is 7.19. The first kappa shape index (κ1) is 17.4. The van der Waals surface area contributed by atoms with Crippen LogP contribution in [0.4, 0.5) is 13.6 Å². The number of hydrogen-bond donors (Lipinski definition) is 1. The summed E-state index contributed by atoms with van der Waals surface area (Å²) in [6.45, 7) is 3.31. The van der Waals surface area contributed by atoms with Crippen LogP contribution < -0.4 is 0 Å². The van der Waals surface area contributed by atoms with Gasteiger partial charge in [-0.1, -0.05) is 24.3 Å². The largest absolute Gasteiger partial charge is 0.465 e. The van der Waals surface area contributed by atoms with Gasteiger partial charge in [0.1, 0.15) is 11.6 Å². The van der Waals surface area contributed by atoms with Gasteiger partial charge in [0.15, 0.2) is 0 Å². The fourth-order valence-corrected chi connectivity index (χ4v) is 3.39. The maximum atomic E-state index is 13.3. The van der Waals surface area contributed by atoms with Crippen molar-refractivity contribution in [3.8, 4) is 0 Å². The van der Waals surface area contributed by atoms with E-state index in [1.54, 1.807) is 24.3 Å². The van der Waals surface area contributed by atoms with Crippen LogP contribution in [0.25, 0.3) is 0 Å². The first-order valence-corrected chi connectivity index (χ1v) is 8.20. The smallest absolute Gasteiger partial charge is 0.407 e. The molecule has 1 atom stereocenters. The lowest BCUT2D eigenvalue weighted by atomic mass is 9.94. The third kappa shape index (κ3) is 3.79. The zero-order valence-electron chi connectivity index (χ0n) is 13.9. The lowest BCUT2D eigenvalue weighted by Crippen LogP contribution is -2.54. The first-order chi connectivity index (χ1) is 12.0. The molecule has 4 nitrogen and oxygen atoms in total. The Morgan fingerprint density at radius 3 is 1.88 bits per heavy atom. The molecule has 6 heteroatoms. The van der Waals surface area contributed by atoms with Crippen LogP contribution in [0.1, 0.15) is 24.1 Å². The standard InChI is InChI=1S/C19H20F2N2O2/c1-13-12-22(19(24)25)10-11-23(13)18(14-2-6-16(20)7-3-14)15-4-8-17(21)9-5-15/h2-9,13,18H,10-12H2,1H3,(H,24,25)/t13-/m0/s1. The van der Waals surface area contributed by atoms with Crippen LogP contribution in [0.15, 0.2) is 48.5 Å². The highest BCUT2D eigenvalue weighted by Crippen LogP contribution is 2.32. The number of rotatable bonds is 3. The maximum Gasteiger partial charge on any atom is 0.407 e. The number of benzene rings is 2. The summed E-state index contributed by atoms with van der Waals surface area (Å²) in [5, 5.41) is 9.20. The van der Waals surface area contributed by atoms with Crippen molar-refractivity contribution in [2.45, 2.75) is 19.0 Å². The molecule has 2 aromatic carbocycles. The van der Waals surface area contributed by atoms with Gasteiger partial charge in [-0.15, -0.1) is 0 Å². The van der Waals surface area contributed by atoms with Crippen molar-refractivity contribution in [3.63, 3.8) is 0 Å². The average molecular weight is 346 g/mol. The maximum absolute atomic E-state index is 13.3. The minimum atomic E-state index is -0.924. The lowest BCUT2D eigenvalue weighted by Gasteiger charge is -2.43. The van der Waals surface area contributed by atoms with Gasteiger partial charge in [0.2, 0.25) is 0 Å². The molecule has 1 saturated heterocycles. The summed E-state index contributed by atoms with van der Waals surface area (Å²) >= 11 is 0. The van der Waals surface area contributed by atoms with Crippen LogP contribution in [-0.2, 0) is 0 Å². The molecule has 0 aromatic heterocycles. The van der Waals surface area contributed by atoms with Crippen molar-refractivity contribution < 1.29 is 18.7 Å². The number of piperazine rings is 1. The summed E-state index contributed by atoms with van der Waals surface area (Å²) in [6.07, 6.45) is -0.924. The minimum absolute atomic E-state index is 0.0232. The predicted octanol–water partition coefficient (Wildman–Crippen LogP) is 3.74. The van der Waals surface area contributed by atoms with E-state index >= 15 is 0 Å². The topological polar surface area (TPSA) is 43.8 Å². The van der Waals surface area contributed by atoms with Crippen molar-refractivity contribution in [2.75, 3.05) is 19.6 Å². The Balaban J connectivity index is 1.95. The molecule has 1 fully saturated rings. The SMILES string of the molecule is C[C@H]1CN(C(=O)O)CCN1C(c1ccc(F)cc1)c1ccc(F)cc1. The molecule has 1 aliphatic rings. The summed E-state index contributed by atoms with van der Waals surface area (Å²) in [5.74, 6) is -0.629. The van der Waals surface area contributed by atoms with E-state index in [2.05, 4.69) is 4.90 Å². The van der Waals surface area contributed by atoms with Crippen molar-refractivity contribution in [3.05, 3.63) is 71.3 Å². The highest BCUT2D eigenvalue weighted by molar-refractivity contribution is 5.65. The molecule has 2 aromatic rings. The predicted molar refractivity (Wildman–Crippen MR) is 90.4 cm³/mol. The zero-order valence-corrected chi connectivity index (χ0v) is 13.9. The average Bonchev–Trinajstić information content (AvgIpc) is 2.59. The highest BCUT2D eigenvalue weighted by Gasteiger charge is 2.32. The van der Waals surface area contributed by atoms with E-state index < -0.39 is 6.09 Å². The number of carbonyl (C=O) groups is 1. The Labute approximate surface area is 145 Å². The molecule has 1 N–H and O–H groups in total. The Hall–Kier alpha value is -2.47. The van der Waals surface area contributed by atoms with E-state index in [-0.39, 0.29) is 23.7 Å². The number of carboxylic acid groups (broad SMARTS) is 1. The normalized spacial score (nSPS) is 18.6. The number of nitrogens with zero attached hydrogens (tertiary/aromatic N) is 2. The Bertz CT molecular complexity index is 689. The van der Waals surface area contributed by atoms with Gasteiger partial charge < -0.3 is 10.0 Å². The van der Waals surface area contributed by atoms with Crippen LogP contribution >= 0.6 is 0 Å². The summed E-state index contributed by atoms with van der Waals surface area (Å²) in [7, 11) is 0. The second-order valence-corrected chi connectivity index (χ2v) is 6.32. The molecule has 25 heavy (non-hydrogen) atoms. The molecule has 0 saturated carbocycles. The van der Waals surface area contributed by atoms with Gasteiger partial charge in [-0.2, -0.15) is 0 Å². The van der Waals surface area contributed by atoms with Crippen molar-refractivity contribution >= 4 is 6.09 Å². The summed E-state index contributed by atoms with van der Waals surface area (Å²) < 4.78 is 26.7. The molecule has 0 radical (unpaired) electrons. The van der Waals surface area contributed by atoms with Crippen molar-refractivity contribution in [1.29, 1.82) is 0 Å². The van der Waals surface area contributed by atoms with Crippen LogP contribution in [-0.4, -0.2) is 46.7 Å².